The second-order valence-corrected chi connectivity index (χ2v) is 4.60. The fraction of sp³-hybridized carbons (Fsp3) is 0.357. The van der Waals surface area contributed by atoms with E-state index in [0.717, 1.165) is 11.1 Å². The van der Waals surface area contributed by atoms with Crippen molar-refractivity contribution in [3.05, 3.63) is 47.5 Å². The number of nitrogens with two attached hydrogens (primary N) is 1. The molecule has 0 amide bonds. The zero-order valence-electron chi connectivity index (χ0n) is 11.1. The normalized spacial score (nSPS) is 12.4. The van der Waals surface area contributed by atoms with E-state index in [4.69, 9.17) is 10.5 Å². The zero-order chi connectivity index (χ0) is 13.8. The lowest BCUT2D eigenvalue weighted by Crippen LogP contribution is -2.07. The van der Waals surface area contributed by atoms with Gasteiger partial charge in [-0.05, 0) is 30.2 Å². The molecule has 0 saturated heterocycles. The first-order valence-electron chi connectivity index (χ1n) is 6.21. The number of aromatic nitrogens is 2. The van der Waals surface area contributed by atoms with E-state index in [2.05, 4.69) is 5.10 Å². The topological polar surface area (TPSA) is 53.1 Å². The fourth-order valence-corrected chi connectivity index (χ4v) is 1.80. The van der Waals surface area contributed by atoms with Crippen molar-refractivity contribution in [1.29, 1.82) is 0 Å². The van der Waals surface area contributed by atoms with Gasteiger partial charge in [0.15, 0.2) is 11.6 Å². The number of aryl methyl sites for hydroxylation is 1. The lowest BCUT2D eigenvalue weighted by Gasteiger charge is -2.10. The number of hydrogen-bond donors (Lipinski definition) is 1. The highest BCUT2D eigenvalue weighted by molar-refractivity contribution is 5.30. The van der Waals surface area contributed by atoms with Gasteiger partial charge in [0.1, 0.15) is 0 Å². The summed E-state index contributed by atoms with van der Waals surface area (Å²) in [6, 6.07) is 4.65. The van der Waals surface area contributed by atoms with Crippen molar-refractivity contribution in [2.75, 3.05) is 6.61 Å². The molecule has 4 nitrogen and oxygen atoms in total. The minimum absolute atomic E-state index is 0.182. The molecule has 1 atom stereocenters. The number of hydrogen-bond acceptors (Lipinski definition) is 3. The van der Waals surface area contributed by atoms with Crippen LogP contribution in [0.4, 0.5) is 4.39 Å². The highest BCUT2D eigenvalue weighted by Crippen LogP contribution is 2.21. The van der Waals surface area contributed by atoms with Gasteiger partial charge in [0.2, 0.25) is 0 Å². The van der Waals surface area contributed by atoms with Crippen LogP contribution in [0.25, 0.3) is 0 Å². The first-order valence-corrected chi connectivity index (χ1v) is 6.21. The average molecular weight is 263 g/mol. The van der Waals surface area contributed by atoms with Crippen LogP contribution in [-0.2, 0) is 13.5 Å². The van der Waals surface area contributed by atoms with Gasteiger partial charge in [0, 0.05) is 25.7 Å². The van der Waals surface area contributed by atoms with Crippen LogP contribution in [0.5, 0.6) is 5.75 Å². The molecule has 2 rings (SSSR count). The maximum absolute atomic E-state index is 13.7. The Hall–Kier alpha value is -1.88. The first kappa shape index (κ1) is 13.5. The third kappa shape index (κ3) is 3.54. The number of rotatable bonds is 5. The summed E-state index contributed by atoms with van der Waals surface area (Å²) < 4.78 is 20.9. The molecule has 0 bridgehead atoms. The van der Waals surface area contributed by atoms with Crippen molar-refractivity contribution >= 4 is 0 Å². The summed E-state index contributed by atoms with van der Waals surface area (Å²) in [5.41, 5.74) is 7.52. The van der Waals surface area contributed by atoms with Gasteiger partial charge < -0.3 is 10.5 Å². The van der Waals surface area contributed by atoms with Crippen LogP contribution >= 0.6 is 0 Å². The van der Waals surface area contributed by atoms with Gasteiger partial charge in [-0.1, -0.05) is 6.07 Å². The summed E-state index contributed by atoms with van der Waals surface area (Å²) in [6.45, 7) is 2.23. The molecule has 19 heavy (non-hydrogen) atoms. The molecule has 0 saturated carbocycles. The van der Waals surface area contributed by atoms with E-state index >= 15 is 0 Å². The maximum Gasteiger partial charge on any atom is 0.165 e. The summed E-state index contributed by atoms with van der Waals surface area (Å²) in [5.74, 6) is -0.116. The molecule has 1 heterocycles. The van der Waals surface area contributed by atoms with Crippen LogP contribution < -0.4 is 10.5 Å². The van der Waals surface area contributed by atoms with E-state index in [0.29, 0.717) is 13.0 Å². The monoisotopic (exact) mass is 263 g/mol. The van der Waals surface area contributed by atoms with Crippen LogP contribution in [0.2, 0.25) is 0 Å². The lowest BCUT2D eigenvalue weighted by atomic mass is 10.1. The molecule has 0 radical (unpaired) electrons. The smallest absolute Gasteiger partial charge is 0.165 e. The minimum atomic E-state index is -0.374. The quantitative estimate of drug-likeness (QED) is 0.899. The molecular weight excluding hydrogens is 245 g/mol. The largest absolute Gasteiger partial charge is 0.490 e. The van der Waals surface area contributed by atoms with Gasteiger partial charge in [0.05, 0.1) is 12.8 Å². The highest BCUT2D eigenvalue weighted by atomic mass is 19.1. The Morgan fingerprint density at radius 3 is 2.84 bits per heavy atom. The highest BCUT2D eigenvalue weighted by Gasteiger charge is 2.07. The van der Waals surface area contributed by atoms with Crippen molar-refractivity contribution in [2.45, 2.75) is 19.4 Å². The Morgan fingerprint density at radius 1 is 1.47 bits per heavy atom. The fourth-order valence-electron chi connectivity index (χ4n) is 1.80. The Balaban J connectivity index is 1.92. The molecular formula is C14H18FN3O. The van der Waals surface area contributed by atoms with Gasteiger partial charge in [-0.3, -0.25) is 4.68 Å². The molecule has 0 aliphatic heterocycles. The Morgan fingerprint density at radius 2 is 2.26 bits per heavy atom. The molecule has 102 valence electrons. The molecule has 0 spiro atoms. The molecule has 0 aliphatic rings. The summed E-state index contributed by atoms with van der Waals surface area (Å²) in [4.78, 5) is 0. The minimum Gasteiger partial charge on any atom is -0.490 e. The van der Waals surface area contributed by atoms with Crippen LogP contribution in [0.1, 0.15) is 24.1 Å². The second kappa shape index (κ2) is 5.84. The van der Waals surface area contributed by atoms with Gasteiger partial charge in [0.25, 0.3) is 0 Å². The van der Waals surface area contributed by atoms with Crippen molar-refractivity contribution in [2.24, 2.45) is 12.8 Å². The van der Waals surface area contributed by atoms with Crippen molar-refractivity contribution in [3.63, 3.8) is 0 Å². The summed E-state index contributed by atoms with van der Waals surface area (Å²) in [7, 11) is 1.86. The number of nitrogens with zero attached hydrogens (tertiary/aromatic N) is 2. The Labute approximate surface area is 112 Å². The standard InChI is InChI=1S/C14H18FN3O/c1-10(16)12-3-4-14(13(15)7-12)19-6-5-11-8-17-18(2)9-11/h3-4,7-10H,5-6,16H2,1-2H3. The first-order chi connectivity index (χ1) is 9.06. The Kier molecular flexibility index (Phi) is 4.16. The molecule has 5 heteroatoms. The number of ether oxygens (including phenoxy) is 1. The van der Waals surface area contributed by atoms with Crippen molar-refractivity contribution in [3.8, 4) is 5.75 Å². The van der Waals surface area contributed by atoms with Crippen molar-refractivity contribution < 1.29 is 9.13 Å². The van der Waals surface area contributed by atoms with Crippen LogP contribution in [0.3, 0.4) is 0 Å². The predicted molar refractivity (Wildman–Crippen MR) is 71.4 cm³/mol. The summed E-state index contributed by atoms with van der Waals surface area (Å²) in [5, 5.41) is 4.06. The third-order valence-electron chi connectivity index (χ3n) is 2.89. The molecule has 0 aliphatic carbocycles. The Bertz CT molecular complexity index is 551. The van der Waals surface area contributed by atoms with Gasteiger partial charge in [-0.2, -0.15) is 5.10 Å². The number of halogens is 1. The molecule has 1 aromatic carbocycles. The van der Waals surface area contributed by atoms with Crippen molar-refractivity contribution in [1.82, 2.24) is 9.78 Å². The zero-order valence-corrected chi connectivity index (χ0v) is 11.1. The molecule has 1 unspecified atom stereocenters. The van der Waals surface area contributed by atoms with E-state index in [1.165, 1.54) is 6.07 Å². The lowest BCUT2D eigenvalue weighted by molar-refractivity contribution is 0.305. The molecule has 0 fully saturated rings. The van der Waals surface area contributed by atoms with Gasteiger partial charge in [-0.15, -0.1) is 0 Å². The maximum atomic E-state index is 13.7. The predicted octanol–water partition coefficient (Wildman–Crippen LogP) is 2.20. The van der Waals surface area contributed by atoms with E-state index in [-0.39, 0.29) is 17.6 Å². The molecule has 1 aromatic heterocycles. The average Bonchev–Trinajstić information content (AvgIpc) is 2.77. The van der Waals surface area contributed by atoms with Gasteiger partial charge in [-0.25, -0.2) is 4.39 Å². The number of benzene rings is 1. The molecule has 2 aromatic rings. The van der Waals surface area contributed by atoms with E-state index in [1.54, 1.807) is 23.0 Å². The summed E-state index contributed by atoms with van der Waals surface area (Å²) in [6.07, 6.45) is 4.39. The van der Waals surface area contributed by atoms with E-state index in [1.807, 2.05) is 20.2 Å². The third-order valence-corrected chi connectivity index (χ3v) is 2.89. The van der Waals surface area contributed by atoms with Crippen LogP contribution in [-0.4, -0.2) is 16.4 Å². The van der Waals surface area contributed by atoms with E-state index in [9.17, 15) is 4.39 Å². The van der Waals surface area contributed by atoms with Gasteiger partial charge >= 0.3 is 0 Å². The van der Waals surface area contributed by atoms with E-state index < -0.39 is 0 Å². The molecule has 2 N–H and O–H groups in total. The van der Waals surface area contributed by atoms with Crippen LogP contribution in [0.15, 0.2) is 30.6 Å². The van der Waals surface area contributed by atoms with Crippen LogP contribution in [0, 0.1) is 5.82 Å². The SMILES string of the molecule is CC(N)c1ccc(OCCc2cnn(C)c2)c(F)c1. The second-order valence-electron chi connectivity index (χ2n) is 4.60. The summed E-state index contributed by atoms with van der Waals surface area (Å²) >= 11 is 0.